The molecule has 0 radical (unpaired) electrons. The van der Waals surface area contributed by atoms with Crippen LogP contribution in [0.15, 0.2) is 35.2 Å². The molecule has 4 nitrogen and oxygen atoms in total. The Morgan fingerprint density at radius 1 is 1.36 bits per heavy atom. The lowest BCUT2D eigenvalue weighted by Crippen LogP contribution is -1.96. The van der Waals surface area contributed by atoms with Crippen molar-refractivity contribution >= 4 is 15.9 Å². The molecule has 0 saturated carbocycles. The van der Waals surface area contributed by atoms with Gasteiger partial charge in [-0.2, -0.15) is 5.10 Å². The minimum atomic E-state index is 0.717. The summed E-state index contributed by atoms with van der Waals surface area (Å²) in [4.78, 5) is 4.19. The van der Waals surface area contributed by atoms with Crippen molar-refractivity contribution in [1.82, 2.24) is 14.8 Å². The van der Waals surface area contributed by atoms with Crippen molar-refractivity contribution in [3.05, 3.63) is 35.2 Å². The summed E-state index contributed by atoms with van der Waals surface area (Å²) < 4.78 is 7.62. The van der Waals surface area contributed by atoms with Crippen LogP contribution in [0.2, 0.25) is 0 Å². The Bertz CT molecular complexity index is 424. The van der Waals surface area contributed by atoms with Gasteiger partial charge >= 0.3 is 0 Å². The highest BCUT2D eigenvalue weighted by Gasteiger charge is 2.00. The van der Waals surface area contributed by atoms with E-state index in [-0.39, 0.29) is 0 Å². The van der Waals surface area contributed by atoms with E-state index in [1.165, 1.54) is 0 Å². The lowest BCUT2D eigenvalue weighted by Gasteiger charge is -1.98. The van der Waals surface area contributed by atoms with Crippen LogP contribution in [0.1, 0.15) is 0 Å². The summed E-state index contributed by atoms with van der Waals surface area (Å²) in [5.41, 5.74) is 0. The number of aromatic nitrogens is 3. The summed E-state index contributed by atoms with van der Waals surface area (Å²) in [6.07, 6.45) is 5.14. The normalized spacial score (nSPS) is 10.1. The molecule has 0 atom stereocenters. The maximum atomic E-state index is 5.02. The number of hydrogen-bond donors (Lipinski definition) is 0. The molecule has 0 unspecified atom stereocenters. The number of hydrogen-bond acceptors (Lipinski definition) is 3. The first-order valence-corrected chi connectivity index (χ1v) is 4.79. The van der Waals surface area contributed by atoms with Gasteiger partial charge in [0.05, 0.1) is 19.5 Å². The molecule has 2 aromatic rings. The highest BCUT2D eigenvalue weighted by atomic mass is 79.9. The Hall–Kier alpha value is -1.36. The highest BCUT2D eigenvalue weighted by Crippen LogP contribution is 2.13. The van der Waals surface area contributed by atoms with Gasteiger partial charge in [0.1, 0.15) is 0 Å². The van der Waals surface area contributed by atoms with Crippen LogP contribution in [-0.2, 0) is 0 Å². The van der Waals surface area contributed by atoms with Gasteiger partial charge in [0.2, 0.25) is 0 Å². The number of pyridine rings is 1. The standard InChI is InChI=1S/C9H8BrN3O/c1-14-8-5-12-13(6-8)9-3-2-7(10)4-11-9/h2-6H,1H3. The number of halogens is 1. The first-order valence-electron chi connectivity index (χ1n) is 4.00. The second-order valence-corrected chi connectivity index (χ2v) is 3.58. The molecule has 0 bridgehead atoms. The van der Waals surface area contributed by atoms with Gasteiger partial charge in [-0.15, -0.1) is 0 Å². The van der Waals surface area contributed by atoms with Crippen LogP contribution in [0.3, 0.4) is 0 Å². The predicted molar refractivity (Wildman–Crippen MR) is 55.6 cm³/mol. The Morgan fingerprint density at radius 3 is 2.79 bits per heavy atom. The topological polar surface area (TPSA) is 39.9 Å². The summed E-state index contributed by atoms with van der Waals surface area (Å²) in [7, 11) is 1.61. The second kappa shape index (κ2) is 3.79. The molecular weight excluding hydrogens is 246 g/mol. The van der Waals surface area contributed by atoms with Gasteiger partial charge in [-0.1, -0.05) is 0 Å². The Morgan fingerprint density at radius 2 is 2.21 bits per heavy atom. The smallest absolute Gasteiger partial charge is 0.157 e. The zero-order chi connectivity index (χ0) is 9.97. The Balaban J connectivity index is 2.34. The molecule has 72 valence electrons. The van der Waals surface area contributed by atoms with Gasteiger partial charge in [0.25, 0.3) is 0 Å². The molecular formula is C9H8BrN3O. The van der Waals surface area contributed by atoms with Crippen molar-refractivity contribution in [2.75, 3.05) is 7.11 Å². The summed E-state index contributed by atoms with van der Waals surface area (Å²) in [5.74, 6) is 1.48. The zero-order valence-electron chi connectivity index (χ0n) is 7.51. The Kier molecular flexibility index (Phi) is 2.49. The van der Waals surface area contributed by atoms with Crippen molar-refractivity contribution < 1.29 is 4.74 Å². The number of methoxy groups -OCH3 is 1. The first-order chi connectivity index (χ1) is 6.79. The fraction of sp³-hybridized carbons (Fsp3) is 0.111. The zero-order valence-corrected chi connectivity index (χ0v) is 9.10. The Labute approximate surface area is 89.7 Å². The molecule has 14 heavy (non-hydrogen) atoms. The van der Waals surface area contributed by atoms with Crippen molar-refractivity contribution in [1.29, 1.82) is 0 Å². The van der Waals surface area contributed by atoms with E-state index in [0.717, 1.165) is 16.0 Å². The van der Waals surface area contributed by atoms with Gasteiger partial charge in [-0.25, -0.2) is 9.67 Å². The van der Waals surface area contributed by atoms with E-state index in [1.54, 1.807) is 30.4 Å². The van der Waals surface area contributed by atoms with E-state index in [1.807, 2.05) is 12.1 Å². The van der Waals surface area contributed by atoms with Crippen molar-refractivity contribution in [2.45, 2.75) is 0 Å². The van der Waals surface area contributed by atoms with Crippen LogP contribution in [-0.4, -0.2) is 21.9 Å². The van der Waals surface area contributed by atoms with Crippen molar-refractivity contribution in [3.8, 4) is 11.6 Å². The maximum absolute atomic E-state index is 5.02. The molecule has 0 aliphatic carbocycles. The second-order valence-electron chi connectivity index (χ2n) is 2.66. The molecule has 0 spiro atoms. The highest BCUT2D eigenvalue weighted by molar-refractivity contribution is 9.10. The van der Waals surface area contributed by atoms with Crippen LogP contribution < -0.4 is 4.74 Å². The number of nitrogens with zero attached hydrogens (tertiary/aromatic N) is 3. The van der Waals surface area contributed by atoms with E-state index in [2.05, 4.69) is 26.0 Å². The summed E-state index contributed by atoms with van der Waals surface area (Å²) >= 11 is 3.32. The molecule has 0 amide bonds. The third kappa shape index (κ3) is 1.77. The molecule has 0 fully saturated rings. The summed E-state index contributed by atoms with van der Waals surface area (Å²) in [6.45, 7) is 0. The van der Waals surface area contributed by atoms with E-state index < -0.39 is 0 Å². The van der Waals surface area contributed by atoms with Crippen LogP contribution in [0.25, 0.3) is 5.82 Å². The molecule has 5 heteroatoms. The average molecular weight is 254 g/mol. The van der Waals surface area contributed by atoms with Crippen molar-refractivity contribution in [3.63, 3.8) is 0 Å². The number of ether oxygens (including phenoxy) is 1. The molecule has 2 heterocycles. The first kappa shape index (κ1) is 9.21. The monoisotopic (exact) mass is 253 g/mol. The molecule has 0 saturated heterocycles. The SMILES string of the molecule is COc1cnn(-c2ccc(Br)cn2)c1. The largest absolute Gasteiger partial charge is 0.493 e. The van der Waals surface area contributed by atoms with Gasteiger partial charge in [-0.05, 0) is 28.1 Å². The fourth-order valence-corrected chi connectivity index (χ4v) is 1.28. The molecule has 0 aliphatic rings. The summed E-state index contributed by atoms with van der Waals surface area (Å²) in [6, 6.07) is 3.78. The van der Waals surface area contributed by atoms with Crippen molar-refractivity contribution in [2.24, 2.45) is 0 Å². The number of rotatable bonds is 2. The van der Waals surface area contributed by atoms with Crippen LogP contribution in [0.4, 0.5) is 0 Å². The third-order valence-corrected chi connectivity index (χ3v) is 2.21. The van der Waals surface area contributed by atoms with Gasteiger partial charge in [0.15, 0.2) is 11.6 Å². The molecule has 2 aromatic heterocycles. The maximum Gasteiger partial charge on any atom is 0.157 e. The van der Waals surface area contributed by atoms with E-state index in [9.17, 15) is 0 Å². The molecule has 0 N–H and O–H groups in total. The van der Waals surface area contributed by atoms with Crippen LogP contribution >= 0.6 is 15.9 Å². The van der Waals surface area contributed by atoms with Gasteiger partial charge in [0, 0.05) is 10.7 Å². The summed E-state index contributed by atoms with van der Waals surface area (Å²) in [5, 5.41) is 4.10. The van der Waals surface area contributed by atoms with E-state index >= 15 is 0 Å². The predicted octanol–water partition coefficient (Wildman–Crippen LogP) is 2.04. The van der Waals surface area contributed by atoms with Gasteiger partial charge < -0.3 is 4.74 Å². The lowest BCUT2D eigenvalue weighted by molar-refractivity contribution is 0.414. The van der Waals surface area contributed by atoms with E-state index in [0.29, 0.717) is 0 Å². The van der Waals surface area contributed by atoms with E-state index in [4.69, 9.17) is 4.74 Å². The quantitative estimate of drug-likeness (QED) is 0.823. The molecule has 2 rings (SSSR count). The third-order valence-electron chi connectivity index (χ3n) is 1.74. The molecule has 0 aromatic carbocycles. The van der Waals surface area contributed by atoms with Crippen LogP contribution in [0, 0.1) is 0 Å². The van der Waals surface area contributed by atoms with Crippen LogP contribution in [0.5, 0.6) is 5.75 Å². The minimum absolute atomic E-state index is 0.717. The lowest BCUT2D eigenvalue weighted by atomic mass is 10.5. The fourth-order valence-electron chi connectivity index (χ4n) is 1.04. The molecule has 0 aliphatic heterocycles. The average Bonchev–Trinajstić information content (AvgIpc) is 2.67. The minimum Gasteiger partial charge on any atom is -0.493 e. The van der Waals surface area contributed by atoms with Gasteiger partial charge in [-0.3, -0.25) is 0 Å².